The lowest BCUT2D eigenvalue weighted by molar-refractivity contribution is 0.410. The van der Waals surface area contributed by atoms with Crippen LogP contribution in [-0.4, -0.2) is 34.3 Å². The van der Waals surface area contributed by atoms with Gasteiger partial charge in [-0.2, -0.15) is 0 Å². The summed E-state index contributed by atoms with van der Waals surface area (Å²) in [7, 11) is 3.18. The van der Waals surface area contributed by atoms with Crippen molar-refractivity contribution in [1.29, 1.82) is 0 Å². The summed E-state index contributed by atoms with van der Waals surface area (Å²) in [5.41, 5.74) is 2.58. The highest BCUT2D eigenvalue weighted by Crippen LogP contribution is 2.30. The van der Waals surface area contributed by atoms with Gasteiger partial charge in [-0.25, -0.2) is 0 Å². The van der Waals surface area contributed by atoms with Gasteiger partial charge in [0.15, 0.2) is 0 Å². The maximum absolute atomic E-state index is 10.2. The van der Waals surface area contributed by atoms with Gasteiger partial charge in [-0.05, 0) is 30.7 Å². The fourth-order valence-corrected chi connectivity index (χ4v) is 2.13. The van der Waals surface area contributed by atoms with Crippen LogP contribution in [0, 0.1) is 6.92 Å². The molecule has 108 valence electrons. The van der Waals surface area contributed by atoms with E-state index in [0.717, 1.165) is 5.52 Å². The summed E-state index contributed by atoms with van der Waals surface area (Å²) in [4.78, 5) is 1.40. The van der Waals surface area contributed by atoms with E-state index in [-0.39, 0.29) is 5.75 Å². The molecule has 0 saturated carbocycles. The number of nitrogens with zero attached hydrogens (tertiary/aromatic N) is 3. The van der Waals surface area contributed by atoms with Crippen LogP contribution in [0.4, 0.5) is 0 Å². The first-order chi connectivity index (χ1) is 10.1. The summed E-state index contributed by atoms with van der Waals surface area (Å²) in [5.74, 6) is 1.47. The SMILES string of the molecule is COc1cc(C)c(O)c(-n2nc3ccc(OC)cc3n2)c1. The Morgan fingerprint density at radius 1 is 0.952 bits per heavy atom. The quantitative estimate of drug-likeness (QED) is 0.800. The van der Waals surface area contributed by atoms with Crippen molar-refractivity contribution < 1.29 is 14.6 Å². The number of ether oxygens (including phenoxy) is 2. The zero-order valence-electron chi connectivity index (χ0n) is 12.0. The molecule has 0 atom stereocenters. The van der Waals surface area contributed by atoms with Crippen LogP contribution < -0.4 is 9.47 Å². The van der Waals surface area contributed by atoms with Crippen LogP contribution in [0.3, 0.4) is 0 Å². The number of aromatic hydroxyl groups is 1. The number of hydrogen-bond acceptors (Lipinski definition) is 5. The van der Waals surface area contributed by atoms with Crippen molar-refractivity contribution in [3.05, 3.63) is 35.9 Å². The van der Waals surface area contributed by atoms with Gasteiger partial charge in [0.2, 0.25) is 0 Å². The highest BCUT2D eigenvalue weighted by atomic mass is 16.5. The topological polar surface area (TPSA) is 69.4 Å². The van der Waals surface area contributed by atoms with Gasteiger partial charge < -0.3 is 14.6 Å². The van der Waals surface area contributed by atoms with Gasteiger partial charge in [0, 0.05) is 12.1 Å². The number of rotatable bonds is 3. The predicted octanol–water partition coefficient (Wildman–Crippen LogP) is 2.45. The fourth-order valence-electron chi connectivity index (χ4n) is 2.13. The smallest absolute Gasteiger partial charge is 0.146 e. The maximum atomic E-state index is 10.2. The average Bonchev–Trinajstić information content (AvgIpc) is 2.92. The largest absolute Gasteiger partial charge is 0.505 e. The van der Waals surface area contributed by atoms with E-state index in [0.29, 0.717) is 28.3 Å². The highest BCUT2D eigenvalue weighted by molar-refractivity contribution is 5.76. The summed E-state index contributed by atoms with van der Waals surface area (Å²) in [6.07, 6.45) is 0. The lowest BCUT2D eigenvalue weighted by Crippen LogP contribution is -2.00. The minimum absolute atomic E-state index is 0.128. The molecule has 0 radical (unpaired) electrons. The summed E-state index contributed by atoms with van der Waals surface area (Å²) < 4.78 is 10.4. The highest BCUT2D eigenvalue weighted by Gasteiger charge is 2.13. The van der Waals surface area contributed by atoms with Crippen LogP contribution in [0.25, 0.3) is 16.7 Å². The molecule has 0 unspecified atom stereocenters. The number of phenolic OH excluding ortho intramolecular Hbond substituents is 1. The third-order valence-electron chi connectivity index (χ3n) is 3.29. The van der Waals surface area contributed by atoms with E-state index < -0.39 is 0 Å². The van der Waals surface area contributed by atoms with E-state index in [1.807, 2.05) is 12.1 Å². The van der Waals surface area contributed by atoms with Crippen molar-refractivity contribution in [1.82, 2.24) is 15.0 Å². The predicted molar refractivity (Wildman–Crippen MR) is 78.4 cm³/mol. The summed E-state index contributed by atoms with van der Waals surface area (Å²) >= 11 is 0. The van der Waals surface area contributed by atoms with E-state index in [4.69, 9.17) is 9.47 Å². The Bertz CT molecular complexity index is 811. The monoisotopic (exact) mass is 285 g/mol. The van der Waals surface area contributed by atoms with Gasteiger partial charge >= 0.3 is 0 Å². The van der Waals surface area contributed by atoms with Gasteiger partial charge in [0.25, 0.3) is 0 Å². The second-order valence-corrected chi connectivity index (χ2v) is 4.66. The molecule has 6 heteroatoms. The minimum atomic E-state index is 0.128. The Morgan fingerprint density at radius 3 is 2.38 bits per heavy atom. The van der Waals surface area contributed by atoms with Gasteiger partial charge in [-0.15, -0.1) is 15.0 Å². The molecule has 0 spiro atoms. The van der Waals surface area contributed by atoms with Crippen molar-refractivity contribution in [2.45, 2.75) is 6.92 Å². The second kappa shape index (κ2) is 4.97. The number of aromatic nitrogens is 3. The van der Waals surface area contributed by atoms with Gasteiger partial charge in [0.05, 0.1) is 14.2 Å². The first kappa shape index (κ1) is 13.2. The van der Waals surface area contributed by atoms with Crippen LogP contribution in [-0.2, 0) is 0 Å². The molecule has 3 rings (SSSR count). The average molecular weight is 285 g/mol. The summed E-state index contributed by atoms with van der Waals surface area (Å²) in [6, 6.07) is 8.88. The normalized spacial score (nSPS) is 10.8. The van der Waals surface area contributed by atoms with Gasteiger partial charge in [-0.3, -0.25) is 0 Å². The molecule has 0 aliphatic rings. The van der Waals surface area contributed by atoms with Crippen LogP contribution in [0.15, 0.2) is 30.3 Å². The summed E-state index contributed by atoms with van der Waals surface area (Å²) in [5, 5.41) is 19.0. The third-order valence-corrected chi connectivity index (χ3v) is 3.29. The maximum Gasteiger partial charge on any atom is 0.146 e. The van der Waals surface area contributed by atoms with Crippen molar-refractivity contribution in [2.75, 3.05) is 14.2 Å². The Morgan fingerprint density at radius 2 is 1.67 bits per heavy atom. The summed E-state index contributed by atoms with van der Waals surface area (Å²) in [6.45, 7) is 1.80. The molecule has 0 aliphatic carbocycles. The lowest BCUT2D eigenvalue weighted by Gasteiger charge is -2.08. The standard InChI is InChI=1S/C15H15N3O3/c1-9-6-11(21-3)8-14(15(9)19)18-16-12-5-4-10(20-2)7-13(12)17-18/h4-8,19H,1-3H3. The van der Waals surface area contributed by atoms with Crippen molar-refractivity contribution in [2.24, 2.45) is 0 Å². The Balaban J connectivity index is 2.18. The molecule has 2 aromatic carbocycles. The number of hydrogen-bond donors (Lipinski definition) is 1. The number of fused-ring (bicyclic) bond motifs is 1. The molecule has 1 aromatic heterocycles. The zero-order valence-corrected chi connectivity index (χ0v) is 12.0. The second-order valence-electron chi connectivity index (χ2n) is 4.66. The number of benzene rings is 2. The molecule has 6 nitrogen and oxygen atoms in total. The molecular formula is C15H15N3O3. The zero-order chi connectivity index (χ0) is 15.0. The molecule has 1 N–H and O–H groups in total. The lowest BCUT2D eigenvalue weighted by atomic mass is 10.2. The van der Waals surface area contributed by atoms with Crippen LogP contribution in [0.2, 0.25) is 0 Å². The molecule has 1 heterocycles. The first-order valence-electron chi connectivity index (χ1n) is 6.41. The molecule has 3 aromatic rings. The molecule has 0 saturated heterocycles. The van der Waals surface area contributed by atoms with E-state index in [1.165, 1.54) is 4.80 Å². The Hall–Kier alpha value is -2.76. The molecule has 0 bridgehead atoms. The third kappa shape index (κ3) is 2.24. The number of methoxy groups -OCH3 is 2. The van der Waals surface area contributed by atoms with Gasteiger partial charge in [-0.1, -0.05) is 0 Å². The molecular weight excluding hydrogens is 270 g/mol. The molecule has 0 fully saturated rings. The Kier molecular flexibility index (Phi) is 3.13. The molecule has 0 aliphatic heterocycles. The van der Waals surface area contributed by atoms with E-state index in [1.54, 1.807) is 39.3 Å². The van der Waals surface area contributed by atoms with Crippen LogP contribution >= 0.6 is 0 Å². The van der Waals surface area contributed by atoms with Crippen molar-refractivity contribution >= 4 is 11.0 Å². The van der Waals surface area contributed by atoms with E-state index in [9.17, 15) is 5.11 Å². The van der Waals surface area contributed by atoms with E-state index in [2.05, 4.69) is 10.2 Å². The van der Waals surface area contributed by atoms with Crippen molar-refractivity contribution in [3.8, 4) is 22.9 Å². The Labute approximate surface area is 121 Å². The van der Waals surface area contributed by atoms with Crippen LogP contribution in [0.5, 0.6) is 17.2 Å². The fraction of sp³-hybridized carbons (Fsp3) is 0.200. The van der Waals surface area contributed by atoms with E-state index >= 15 is 0 Å². The first-order valence-corrected chi connectivity index (χ1v) is 6.41. The number of phenols is 1. The van der Waals surface area contributed by atoms with Gasteiger partial charge in [0.1, 0.15) is 34.0 Å². The number of aryl methyl sites for hydroxylation is 1. The van der Waals surface area contributed by atoms with Crippen LogP contribution in [0.1, 0.15) is 5.56 Å². The molecule has 0 amide bonds. The molecule has 21 heavy (non-hydrogen) atoms. The minimum Gasteiger partial charge on any atom is -0.505 e. The van der Waals surface area contributed by atoms with Crippen molar-refractivity contribution in [3.63, 3.8) is 0 Å².